The van der Waals surface area contributed by atoms with Gasteiger partial charge in [-0.1, -0.05) is 76.6 Å². The average Bonchev–Trinajstić information content (AvgIpc) is 3.33. The van der Waals surface area contributed by atoms with Crippen LogP contribution in [0.1, 0.15) is 28.8 Å². The monoisotopic (exact) mass is 316 g/mol. The summed E-state index contributed by atoms with van der Waals surface area (Å²) in [6, 6.07) is 18.6. The van der Waals surface area contributed by atoms with Gasteiger partial charge in [0, 0.05) is 16.5 Å². The minimum atomic E-state index is 0.0752. The van der Waals surface area contributed by atoms with Gasteiger partial charge in [0.05, 0.1) is 0 Å². The zero-order valence-electron chi connectivity index (χ0n) is 10.8. The Morgan fingerprint density at radius 3 is 1.58 bits per heavy atom. The number of carbonyl (C=O) groups excluding carboxylic acids is 1. The van der Waals surface area contributed by atoms with E-state index < -0.39 is 0 Å². The molecule has 0 aliphatic heterocycles. The number of ketones is 1. The van der Waals surface area contributed by atoms with Crippen molar-refractivity contribution in [1.82, 2.24) is 0 Å². The third-order valence-corrected chi connectivity index (χ3v) is 3.90. The zero-order chi connectivity index (χ0) is 13.5. The van der Waals surface area contributed by atoms with E-state index in [1.165, 1.54) is 18.2 Å². The first-order chi connectivity index (χ1) is 9.31. The molecule has 0 saturated heterocycles. The standard InChI is InChI=1S/C13H10O.C4H7Br/c14-13(11-7-3-1-4-8-11)12-9-5-2-6-10-12;5-3-4-1-2-4/h1-10H;4H,1-3H2. The molecule has 2 aromatic rings. The van der Waals surface area contributed by atoms with Crippen molar-refractivity contribution in [1.29, 1.82) is 0 Å². The van der Waals surface area contributed by atoms with Gasteiger partial charge in [-0.3, -0.25) is 4.79 Å². The summed E-state index contributed by atoms with van der Waals surface area (Å²) < 4.78 is 0. The lowest BCUT2D eigenvalue weighted by atomic mass is 10.0. The molecule has 0 aromatic heterocycles. The molecule has 1 aliphatic carbocycles. The molecule has 2 aromatic carbocycles. The van der Waals surface area contributed by atoms with Gasteiger partial charge >= 0.3 is 0 Å². The van der Waals surface area contributed by atoms with Crippen LogP contribution in [0.3, 0.4) is 0 Å². The van der Waals surface area contributed by atoms with Crippen molar-refractivity contribution in [3.63, 3.8) is 0 Å². The smallest absolute Gasteiger partial charge is 0.193 e. The lowest BCUT2D eigenvalue weighted by Gasteiger charge is -1.99. The second kappa shape index (κ2) is 7.25. The summed E-state index contributed by atoms with van der Waals surface area (Å²) in [4.78, 5) is 11.8. The topological polar surface area (TPSA) is 17.1 Å². The Morgan fingerprint density at radius 2 is 1.32 bits per heavy atom. The van der Waals surface area contributed by atoms with Gasteiger partial charge in [0.25, 0.3) is 0 Å². The van der Waals surface area contributed by atoms with Gasteiger partial charge in [0.2, 0.25) is 0 Å². The van der Waals surface area contributed by atoms with Crippen LogP contribution < -0.4 is 0 Å². The van der Waals surface area contributed by atoms with E-state index in [1.807, 2.05) is 60.7 Å². The first kappa shape index (κ1) is 14.0. The quantitative estimate of drug-likeness (QED) is 0.592. The van der Waals surface area contributed by atoms with Crippen LogP contribution in [0.25, 0.3) is 0 Å². The van der Waals surface area contributed by atoms with E-state index in [4.69, 9.17) is 0 Å². The fourth-order valence-electron chi connectivity index (χ4n) is 1.62. The maximum Gasteiger partial charge on any atom is 0.193 e. The summed E-state index contributed by atoms with van der Waals surface area (Å²) in [6.45, 7) is 0. The van der Waals surface area contributed by atoms with Crippen LogP contribution in [-0.4, -0.2) is 11.1 Å². The predicted octanol–water partition coefficient (Wildman–Crippen LogP) is 4.71. The molecule has 19 heavy (non-hydrogen) atoms. The highest BCUT2D eigenvalue weighted by atomic mass is 79.9. The average molecular weight is 317 g/mol. The first-order valence-electron chi connectivity index (χ1n) is 6.52. The lowest BCUT2D eigenvalue weighted by molar-refractivity contribution is 0.103. The molecule has 0 atom stereocenters. The number of carbonyl (C=O) groups is 1. The van der Waals surface area contributed by atoms with Crippen LogP contribution >= 0.6 is 15.9 Å². The van der Waals surface area contributed by atoms with Gasteiger partial charge in [0.15, 0.2) is 5.78 Å². The number of benzene rings is 2. The predicted molar refractivity (Wildman–Crippen MR) is 82.8 cm³/mol. The summed E-state index contributed by atoms with van der Waals surface area (Å²) in [7, 11) is 0. The molecule has 0 spiro atoms. The van der Waals surface area contributed by atoms with E-state index >= 15 is 0 Å². The molecular weight excluding hydrogens is 300 g/mol. The number of alkyl halides is 1. The Morgan fingerprint density at radius 1 is 0.895 bits per heavy atom. The van der Waals surface area contributed by atoms with Crippen LogP contribution in [0.15, 0.2) is 60.7 Å². The highest BCUT2D eigenvalue weighted by molar-refractivity contribution is 9.09. The second-order valence-corrected chi connectivity index (χ2v) is 5.31. The molecule has 3 rings (SSSR count). The van der Waals surface area contributed by atoms with E-state index in [0.717, 1.165) is 17.0 Å². The third-order valence-electron chi connectivity index (χ3n) is 2.99. The lowest BCUT2D eigenvalue weighted by Crippen LogP contribution is -1.99. The van der Waals surface area contributed by atoms with Crippen LogP contribution in [0, 0.1) is 5.92 Å². The maximum atomic E-state index is 11.8. The van der Waals surface area contributed by atoms with Crippen molar-refractivity contribution in [3.05, 3.63) is 71.8 Å². The summed E-state index contributed by atoms with van der Waals surface area (Å²) in [5.41, 5.74) is 1.47. The Balaban J connectivity index is 0.000000224. The highest BCUT2D eigenvalue weighted by Crippen LogP contribution is 2.30. The van der Waals surface area contributed by atoms with Crippen molar-refractivity contribution in [3.8, 4) is 0 Å². The van der Waals surface area contributed by atoms with Gasteiger partial charge in [-0.25, -0.2) is 0 Å². The Kier molecular flexibility index (Phi) is 5.34. The molecule has 1 aliphatic rings. The Labute approximate surface area is 122 Å². The number of hydrogen-bond donors (Lipinski definition) is 0. The van der Waals surface area contributed by atoms with Crippen LogP contribution in [0.2, 0.25) is 0 Å². The van der Waals surface area contributed by atoms with Crippen LogP contribution in [0.5, 0.6) is 0 Å². The molecule has 0 unspecified atom stereocenters. The van der Waals surface area contributed by atoms with E-state index in [1.54, 1.807) is 0 Å². The van der Waals surface area contributed by atoms with Crippen molar-refractivity contribution in [2.24, 2.45) is 5.92 Å². The number of hydrogen-bond acceptors (Lipinski definition) is 1. The number of halogens is 1. The summed E-state index contributed by atoms with van der Waals surface area (Å²) in [6.07, 6.45) is 2.93. The van der Waals surface area contributed by atoms with E-state index in [-0.39, 0.29) is 5.78 Å². The summed E-state index contributed by atoms with van der Waals surface area (Å²) in [5.74, 6) is 1.13. The van der Waals surface area contributed by atoms with Gasteiger partial charge in [-0.2, -0.15) is 0 Å². The largest absolute Gasteiger partial charge is 0.289 e. The van der Waals surface area contributed by atoms with Gasteiger partial charge in [-0.05, 0) is 18.8 Å². The molecular formula is C17H17BrO. The Bertz CT molecular complexity index is 462. The molecule has 0 amide bonds. The van der Waals surface area contributed by atoms with Crippen molar-refractivity contribution >= 4 is 21.7 Å². The molecule has 1 nitrogen and oxygen atoms in total. The molecule has 1 fully saturated rings. The minimum Gasteiger partial charge on any atom is -0.289 e. The zero-order valence-corrected chi connectivity index (χ0v) is 12.3. The van der Waals surface area contributed by atoms with Crippen molar-refractivity contribution in [2.75, 3.05) is 5.33 Å². The molecule has 0 bridgehead atoms. The van der Waals surface area contributed by atoms with Crippen LogP contribution in [-0.2, 0) is 0 Å². The molecule has 1 saturated carbocycles. The molecule has 2 heteroatoms. The molecule has 0 heterocycles. The van der Waals surface area contributed by atoms with Gasteiger partial charge in [0.1, 0.15) is 0 Å². The fourth-order valence-corrected chi connectivity index (χ4v) is 2.27. The second-order valence-electron chi connectivity index (χ2n) is 4.66. The molecule has 0 N–H and O–H groups in total. The van der Waals surface area contributed by atoms with Gasteiger partial charge < -0.3 is 0 Å². The Hall–Kier alpha value is -1.41. The first-order valence-corrected chi connectivity index (χ1v) is 7.64. The molecule has 98 valence electrons. The van der Waals surface area contributed by atoms with E-state index in [2.05, 4.69) is 15.9 Å². The van der Waals surface area contributed by atoms with Crippen molar-refractivity contribution < 1.29 is 4.79 Å². The fraction of sp³-hybridized carbons (Fsp3) is 0.235. The number of rotatable bonds is 3. The van der Waals surface area contributed by atoms with E-state index in [9.17, 15) is 4.79 Å². The normalized spacial score (nSPS) is 13.3. The van der Waals surface area contributed by atoms with Crippen LogP contribution in [0.4, 0.5) is 0 Å². The highest BCUT2D eigenvalue weighted by Gasteiger charge is 2.18. The van der Waals surface area contributed by atoms with E-state index in [0.29, 0.717) is 0 Å². The minimum absolute atomic E-state index is 0.0752. The summed E-state index contributed by atoms with van der Waals surface area (Å²) in [5, 5.41) is 1.23. The SMILES string of the molecule is BrCC1CC1.O=C(c1ccccc1)c1ccccc1. The van der Waals surface area contributed by atoms with Gasteiger partial charge in [-0.15, -0.1) is 0 Å². The third kappa shape index (κ3) is 4.64. The summed E-state index contributed by atoms with van der Waals surface area (Å²) >= 11 is 3.38. The van der Waals surface area contributed by atoms with Crippen molar-refractivity contribution in [2.45, 2.75) is 12.8 Å². The maximum absolute atomic E-state index is 11.8. The molecule has 0 radical (unpaired) electrons.